The lowest BCUT2D eigenvalue weighted by molar-refractivity contribution is -0.122. The fraction of sp³-hybridized carbons (Fsp3) is 0.381. The van der Waals surface area contributed by atoms with Crippen LogP contribution in [0.1, 0.15) is 22.6 Å². The SMILES string of the molecule is Cl.Cl.Cl.O=C(Nc1cc2n(n1)CCN(C(=O)c1cc3ccccc3[nH]1)C2)C1CCNCC1F. The standard InChI is InChI=1S/C21H23FN6O2.3ClH/c22-16-11-23-6-5-15(16)20(29)25-19-10-14-12-27(7-8-28(14)26-19)21(30)18-9-13-3-1-2-4-17(13)24-18;;;/h1-4,9-10,15-16,23-24H,5-8,11-12H2,(H,25,26,29);3*1H. The van der Waals surface area contributed by atoms with Crippen molar-refractivity contribution in [2.24, 2.45) is 5.92 Å². The molecule has 1 saturated heterocycles. The van der Waals surface area contributed by atoms with Crippen molar-refractivity contribution in [3.8, 4) is 0 Å². The van der Waals surface area contributed by atoms with Gasteiger partial charge in [-0.05, 0) is 25.1 Å². The number of alkyl halides is 1. The van der Waals surface area contributed by atoms with Crippen molar-refractivity contribution >= 4 is 65.8 Å². The van der Waals surface area contributed by atoms with Crippen molar-refractivity contribution < 1.29 is 14.0 Å². The maximum atomic E-state index is 14.0. The molecule has 0 saturated carbocycles. The summed E-state index contributed by atoms with van der Waals surface area (Å²) in [4.78, 5) is 30.3. The number of para-hydroxylation sites is 1. The van der Waals surface area contributed by atoms with Crippen LogP contribution < -0.4 is 10.6 Å². The predicted octanol–water partition coefficient (Wildman–Crippen LogP) is 3.17. The Labute approximate surface area is 208 Å². The number of carbonyl (C=O) groups excluding carboxylic acids is 2. The number of halogens is 4. The van der Waals surface area contributed by atoms with Crippen LogP contribution in [0.15, 0.2) is 36.4 Å². The van der Waals surface area contributed by atoms with Gasteiger partial charge in [0.25, 0.3) is 5.91 Å². The number of carbonyl (C=O) groups is 2. The fourth-order valence-corrected chi connectivity index (χ4v) is 4.19. The second-order valence-electron chi connectivity index (χ2n) is 7.85. The minimum atomic E-state index is -1.19. The highest BCUT2D eigenvalue weighted by Gasteiger charge is 2.32. The van der Waals surface area contributed by atoms with E-state index in [0.717, 1.165) is 16.6 Å². The zero-order valence-electron chi connectivity index (χ0n) is 17.6. The fourth-order valence-electron chi connectivity index (χ4n) is 4.19. The summed E-state index contributed by atoms with van der Waals surface area (Å²) in [7, 11) is 0. The molecule has 3 aromatic rings. The molecule has 1 fully saturated rings. The summed E-state index contributed by atoms with van der Waals surface area (Å²) in [5.41, 5.74) is 2.32. The van der Waals surface area contributed by atoms with Gasteiger partial charge in [-0.25, -0.2) is 4.39 Å². The molecule has 2 aliphatic rings. The van der Waals surface area contributed by atoms with E-state index in [1.807, 2.05) is 30.3 Å². The van der Waals surface area contributed by atoms with Gasteiger partial charge in [-0.2, -0.15) is 5.10 Å². The lowest BCUT2D eigenvalue weighted by Gasteiger charge is -2.27. The number of nitrogens with one attached hydrogen (secondary N) is 3. The van der Waals surface area contributed by atoms with Crippen LogP contribution in [-0.4, -0.2) is 57.3 Å². The summed E-state index contributed by atoms with van der Waals surface area (Å²) in [5.74, 6) is -0.671. The lowest BCUT2D eigenvalue weighted by Crippen LogP contribution is -2.43. The number of piperidine rings is 1. The maximum absolute atomic E-state index is 14.0. The van der Waals surface area contributed by atoms with Gasteiger partial charge in [0.05, 0.1) is 24.7 Å². The molecule has 8 nitrogen and oxygen atoms in total. The first-order valence-electron chi connectivity index (χ1n) is 10.2. The van der Waals surface area contributed by atoms with Crippen molar-refractivity contribution in [3.05, 3.63) is 47.8 Å². The van der Waals surface area contributed by atoms with Gasteiger partial charge in [0.2, 0.25) is 5.91 Å². The van der Waals surface area contributed by atoms with Crippen molar-refractivity contribution in [2.75, 3.05) is 25.0 Å². The first kappa shape index (κ1) is 26.9. The number of nitrogens with zero attached hydrogens (tertiary/aromatic N) is 3. The summed E-state index contributed by atoms with van der Waals surface area (Å²) in [6.07, 6.45) is -0.728. The average Bonchev–Trinajstić information content (AvgIpc) is 3.36. The smallest absolute Gasteiger partial charge is 0.270 e. The summed E-state index contributed by atoms with van der Waals surface area (Å²) in [5, 5.41) is 11.1. The zero-order valence-corrected chi connectivity index (χ0v) is 20.1. The predicted molar refractivity (Wildman–Crippen MR) is 132 cm³/mol. The van der Waals surface area contributed by atoms with Crippen LogP contribution in [0.3, 0.4) is 0 Å². The third-order valence-corrected chi connectivity index (χ3v) is 5.84. The van der Waals surface area contributed by atoms with Crippen molar-refractivity contribution in [1.82, 2.24) is 25.0 Å². The molecule has 2 amide bonds. The molecular formula is C21H26Cl3FN6O2. The minimum Gasteiger partial charge on any atom is -0.351 e. The van der Waals surface area contributed by atoms with Crippen molar-refractivity contribution in [1.29, 1.82) is 0 Å². The summed E-state index contributed by atoms with van der Waals surface area (Å²) < 4.78 is 15.8. The number of aromatic amines is 1. The topological polar surface area (TPSA) is 95.1 Å². The largest absolute Gasteiger partial charge is 0.351 e. The number of fused-ring (bicyclic) bond motifs is 2. The van der Waals surface area contributed by atoms with Gasteiger partial charge in [0.15, 0.2) is 5.82 Å². The van der Waals surface area contributed by atoms with Crippen LogP contribution in [0.2, 0.25) is 0 Å². The Balaban J connectivity index is 0.00000128. The van der Waals surface area contributed by atoms with Gasteiger partial charge in [0.1, 0.15) is 11.9 Å². The average molecular weight is 520 g/mol. The number of anilines is 1. The van der Waals surface area contributed by atoms with E-state index in [1.165, 1.54) is 0 Å². The van der Waals surface area contributed by atoms with Gasteiger partial charge in [-0.1, -0.05) is 18.2 Å². The Morgan fingerprint density at radius 3 is 2.67 bits per heavy atom. The molecule has 0 radical (unpaired) electrons. The van der Waals surface area contributed by atoms with E-state index in [2.05, 4.69) is 20.7 Å². The minimum absolute atomic E-state index is 0. The third kappa shape index (κ3) is 5.43. The Hall–Kier alpha value is -2.33. The second kappa shape index (κ2) is 11.2. The van der Waals surface area contributed by atoms with E-state index < -0.39 is 12.1 Å². The molecule has 3 N–H and O–H groups in total. The Kier molecular flexibility index (Phi) is 9.13. The van der Waals surface area contributed by atoms with E-state index in [0.29, 0.717) is 44.1 Å². The number of H-pyrrole nitrogens is 1. The quantitative estimate of drug-likeness (QED) is 0.495. The molecule has 12 heteroatoms. The summed E-state index contributed by atoms with van der Waals surface area (Å²) in [6.45, 7) is 2.29. The summed E-state index contributed by atoms with van der Waals surface area (Å²) >= 11 is 0. The monoisotopic (exact) mass is 518 g/mol. The van der Waals surface area contributed by atoms with Crippen LogP contribution in [0.25, 0.3) is 10.9 Å². The van der Waals surface area contributed by atoms with Gasteiger partial charge in [-0.3, -0.25) is 14.3 Å². The number of benzene rings is 1. The number of hydrogen-bond acceptors (Lipinski definition) is 4. The van der Waals surface area contributed by atoms with Crippen LogP contribution >= 0.6 is 37.2 Å². The van der Waals surface area contributed by atoms with Gasteiger partial charge in [-0.15, -0.1) is 37.2 Å². The van der Waals surface area contributed by atoms with Crippen LogP contribution in [-0.2, 0) is 17.9 Å². The molecule has 2 unspecified atom stereocenters. The van der Waals surface area contributed by atoms with Gasteiger partial charge >= 0.3 is 0 Å². The van der Waals surface area contributed by atoms with E-state index >= 15 is 0 Å². The van der Waals surface area contributed by atoms with E-state index in [9.17, 15) is 14.0 Å². The molecule has 0 aliphatic carbocycles. The van der Waals surface area contributed by atoms with Crippen LogP contribution in [0.5, 0.6) is 0 Å². The Morgan fingerprint density at radius 1 is 1.12 bits per heavy atom. The Morgan fingerprint density at radius 2 is 1.91 bits per heavy atom. The summed E-state index contributed by atoms with van der Waals surface area (Å²) in [6, 6.07) is 11.4. The van der Waals surface area contributed by atoms with Crippen LogP contribution in [0.4, 0.5) is 10.2 Å². The molecule has 2 aliphatic heterocycles. The van der Waals surface area contributed by atoms with E-state index in [-0.39, 0.29) is 55.6 Å². The zero-order chi connectivity index (χ0) is 20.7. The molecule has 0 spiro atoms. The second-order valence-corrected chi connectivity index (χ2v) is 7.85. The highest BCUT2D eigenvalue weighted by Crippen LogP contribution is 2.22. The lowest BCUT2D eigenvalue weighted by atomic mass is 9.95. The van der Waals surface area contributed by atoms with Gasteiger partial charge in [0, 0.05) is 30.1 Å². The molecule has 1 aromatic carbocycles. The molecule has 2 atom stereocenters. The van der Waals surface area contributed by atoms with Gasteiger partial charge < -0.3 is 20.5 Å². The maximum Gasteiger partial charge on any atom is 0.270 e. The molecular weight excluding hydrogens is 494 g/mol. The number of aromatic nitrogens is 3. The molecule has 33 heavy (non-hydrogen) atoms. The van der Waals surface area contributed by atoms with E-state index in [4.69, 9.17) is 0 Å². The number of hydrogen-bond donors (Lipinski definition) is 3. The van der Waals surface area contributed by atoms with E-state index in [1.54, 1.807) is 15.6 Å². The molecule has 0 bridgehead atoms. The van der Waals surface area contributed by atoms with Crippen LogP contribution in [0, 0.1) is 5.92 Å². The van der Waals surface area contributed by atoms with Crippen molar-refractivity contribution in [3.63, 3.8) is 0 Å². The Bertz CT molecular complexity index is 1090. The third-order valence-electron chi connectivity index (χ3n) is 5.84. The van der Waals surface area contributed by atoms with Crippen molar-refractivity contribution in [2.45, 2.75) is 25.7 Å². The number of amides is 2. The number of rotatable bonds is 3. The first-order valence-corrected chi connectivity index (χ1v) is 10.2. The normalized spacial score (nSPS) is 19.5. The molecule has 2 aromatic heterocycles. The molecule has 180 valence electrons. The molecule has 4 heterocycles. The highest BCUT2D eigenvalue weighted by molar-refractivity contribution is 5.98. The highest BCUT2D eigenvalue weighted by atomic mass is 35.5. The molecule has 5 rings (SSSR count). The first-order chi connectivity index (χ1) is 14.6.